The van der Waals surface area contributed by atoms with Crippen LogP contribution in [0.1, 0.15) is 67.5 Å². The molecule has 7 nitrogen and oxygen atoms in total. The van der Waals surface area contributed by atoms with Gasteiger partial charge in [-0.1, -0.05) is 43.9 Å². The first-order valence-electron chi connectivity index (χ1n) is 13.2. The van der Waals surface area contributed by atoms with E-state index in [0.29, 0.717) is 30.4 Å². The molecule has 192 valence electrons. The number of hydrogen-bond acceptors (Lipinski definition) is 4. The number of rotatable bonds is 11. The molecule has 0 atom stereocenters. The minimum Gasteiger partial charge on any atom is -0.497 e. The second-order valence-corrected chi connectivity index (χ2v) is 9.70. The van der Waals surface area contributed by atoms with Crippen molar-refractivity contribution >= 4 is 22.8 Å². The molecule has 0 saturated heterocycles. The molecule has 1 aliphatic carbocycles. The fourth-order valence-corrected chi connectivity index (χ4v) is 5.06. The van der Waals surface area contributed by atoms with Crippen LogP contribution < -0.4 is 10.1 Å². The fraction of sp³-hybridized carbons (Fsp3) is 0.483. The molecule has 0 spiro atoms. The molecule has 4 rings (SSSR count). The first-order chi connectivity index (χ1) is 17.6. The van der Waals surface area contributed by atoms with E-state index in [2.05, 4.69) is 9.88 Å². The summed E-state index contributed by atoms with van der Waals surface area (Å²) in [4.78, 5) is 32.3. The predicted octanol–water partition coefficient (Wildman–Crippen LogP) is 4.98. The Labute approximate surface area is 213 Å². The zero-order valence-corrected chi connectivity index (χ0v) is 21.5. The van der Waals surface area contributed by atoms with E-state index < -0.39 is 0 Å². The highest BCUT2D eigenvalue weighted by molar-refractivity contribution is 5.94. The third-order valence-electron chi connectivity index (χ3n) is 7.24. The number of aryl methyl sites for hydroxylation is 1. The van der Waals surface area contributed by atoms with Crippen LogP contribution in [-0.2, 0) is 17.8 Å². The number of amides is 2. The highest BCUT2D eigenvalue weighted by atomic mass is 16.5. The number of carbonyl (C=O) groups is 2. The lowest BCUT2D eigenvalue weighted by Gasteiger charge is -2.31. The van der Waals surface area contributed by atoms with E-state index in [0.717, 1.165) is 55.4 Å². The molecule has 0 aliphatic heterocycles. The number of ether oxygens (including phenoxy) is 1. The number of benzene rings is 2. The molecule has 1 saturated carbocycles. The van der Waals surface area contributed by atoms with Gasteiger partial charge in [-0.2, -0.15) is 0 Å². The van der Waals surface area contributed by atoms with E-state index in [1.54, 1.807) is 19.2 Å². The van der Waals surface area contributed by atoms with Crippen molar-refractivity contribution in [3.8, 4) is 5.75 Å². The molecule has 2 amide bonds. The molecule has 1 aromatic heterocycles. The van der Waals surface area contributed by atoms with Crippen LogP contribution in [0.5, 0.6) is 5.75 Å². The molecular weight excluding hydrogens is 452 g/mol. The number of unbranched alkanes of at least 4 members (excludes halogenated alkanes) is 2. The topological polar surface area (TPSA) is 76.5 Å². The third-order valence-corrected chi connectivity index (χ3v) is 7.24. The summed E-state index contributed by atoms with van der Waals surface area (Å²) < 4.78 is 7.29. The summed E-state index contributed by atoms with van der Waals surface area (Å²) >= 11 is 0. The number of methoxy groups -OCH3 is 1. The van der Waals surface area contributed by atoms with Gasteiger partial charge < -0.3 is 19.5 Å². The molecule has 3 aromatic rings. The zero-order chi connectivity index (χ0) is 25.3. The molecule has 1 heterocycles. The minimum absolute atomic E-state index is 0.0868. The summed E-state index contributed by atoms with van der Waals surface area (Å²) in [7, 11) is 3.55. The van der Waals surface area contributed by atoms with Crippen molar-refractivity contribution in [3.63, 3.8) is 0 Å². The molecule has 0 unspecified atom stereocenters. The maximum atomic E-state index is 13.2. The average Bonchev–Trinajstić information content (AvgIpc) is 3.27. The van der Waals surface area contributed by atoms with Crippen molar-refractivity contribution in [1.82, 2.24) is 19.8 Å². The van der Waals surface area contributed by atoms with Crippen molar-refractivity contribution in [3.05, 3.63) is 59.9 Å². The Balaban J connectivity index is 1.29. The standard InChI is InChI=1S/C29H38N4O3/c1-32(23-13-5-3-6-14-23)28(34)21-33-26-17-9-8-16-25(26)31-27(33)18-7-4-10-19-30-29(35)22-12-11-15-24(20-22)36-2/h8-9,11-12,15-17,20,23H,3-7,10,13-14,18-19,21H2,1-2H3,(H,30,35). The molecule has 36 heavy (non-hydrogen) atoms. The van der Waals surface area contributed by atoms with Crippen molar-refractivity contribution in [1.29, 1.82) is 0 Å². The Hall–Kier alpha value is -3.35. The van der Waals surface area contributed by atoms with Crippen molar-refractivity contribution in [2.75, 3.05) is 20.7 Å². The highest BCUT2D eigenvalue weighted by Gasteiger charge is 2.23. The van der Waals surface area contributed by atoms with Gasteiger partial charge in [-0.25, -0.2) is 4.98 Å². The number of nitrogens with zero attached hydrogens (tertiary/aromatic N) is 3. The smallest absolute Gasteiger partial charge is 0.251 e. The highest BCUT2D eigenvalue weighted by Crippen LogP contribution is 2.23. The molecule has 1 N–H and O–H groups in total. The van der Waals surface area contributed by atoms with Gasteiger partial charge in [0.25, 0.3) is 5.91 Å². The summed E-state index contributed by atoms with van der Waals surface area (Å²) in [5, 5.41) is 2.99. The van der Waals surface area contributed by atoms with E-state index in [9.17, 15) is 9.59 Å². The summed E-state index contributed by atoms with van der Waals surface area (Å²) in [5.41, 5.74) is 2.56. The van der Waals surface area contributed by atoms with Crippen LogP contribution in [0.25, 0.3) is 11.0 Å². The van der Waals surface area contributed by atoms with Gasteiger partial charge in [0.15, 0.2) is 0 Å². The van der Waals surface area contributed by atoms with Crippen molar-refractivity contribution in [2.24, 2.45) is 0 Å². The lowest BCUT2D eigenvalue weighted by atomic mass is 9.94. The van der Waals surface area contributed by atoms with Crippen LogP contribution in [0, 0.1) is 0 Å². The number of imidazole rings is 1. The van der Waals surface area contributed by atoms with E-state index >= 15 is 0 Å². The number of nitrogens with one attached hydrogen (secondary N) is 1. The van der Waals surface area contributed by atoms with Gasteiger partial charge in [-0.3, -0.25) is 9.59 Å². The second-order valence-electron chi connectivity index (χ2n) is 9.70. The monoisotopic (exact) mass is 490 g/mol. The molecule has 0 bridgehead atoms. The summed E-state index contributed by atoms with van der Waals surface area (Å²) in [6, 6.07) is 15.6. The lowest BCUT2D eigenvalue weighted by Crippen LogP contribution is -2.40. The van der Waals surface area contributed by atoms with Gasteiger partial charge >= 0.3 is 0 Å². The number of fused-ring (bicyclic) bond motifs is 1. The van der Waals surface area contributed by atoms with Crippen LogP contribution in [0.2, 0.25) is 0 Å². The Morgan fingerprint density at radius 1 is 1.06 bits per heavy atom. The van der Waals surface area contributed by atoms with Crippen LogP contribution in [0.3, 0.4) is 0 Å². The number of hydrogen-bond donors (Lipinski definition) is 1. The van der Waals surface area contributed by atoms with Gasteiger partial charge in [0, 0.05) is 31.6 Å². The summed E-state index contributed by atoms with van der Waals surface area (Å²) in [6.45, 7) is 0.955. The number of para-hydroxylation sites is 2. The molecule has 1 fully saturated rings. The Morgan fingerprint density at radius 3 is 2.67 bits per heavy atom. The molecule has 1 aliphatic rings. The number of carbonyl (C=O) groups excluding carboxylic acids is 2. The van der Waals surface area contributed by atoms with Gasteiger partial charge in [0.2, 0.25) is 5.91 Å². The van der Waals surface area contributed by atoms with Crippen LogP contribution in [-0.4, -0.2) is 53.0 Å². The molecule has 0 radical (unpaired) electrons. The normalized spacial score (nSPS) is 14.1. The molecule has 2 aromatic carbocycles. The fourth-order valence-electron chi connectivity index (χ4n) is 5.06. The Morgan fingerprint density at radius 2 is 1.86 bits per heavy atom. The van der Waals surface area contributed by atoms with Crippen LogP contribution >= 0.6 is 0 Å². The maximum absolute atomic E-state index is 13.2. The zero-order valence-electron chi connectivity index (χ0n) is 21.5. The first kappa shape index (κ1) is 25.7. The maximum Gasteiger partial charge on any atom is 0.251 e. The third kappa shape index (κ3) is 6.45. The van der Waals surface area contributed by atoms with Gasteiger partial charge in [-0.05, 0) is 56.0 Å². The van der Waals surface area contributed by atoms with E-state index in [4.69, 9.17) is 9.72 Å². The second kappa shape index (κ2) is 12.6. The Bertz CT molecular complexity index is 1170. The first-order valence-corrected chi connectivity index (χ1v) is 13.2. The minimum atomic E-state index is -0.0868. The van der Waals surface area contributed by atoms with Crippen LogP contribution in [0.15, 0.2) is 48.5 Å². The number of likely N-dealkylation sites (N-methyl/N-ethyl adjacent to an activating group) is 1. The van der Waals surface area contributed by atoms with E-state index in [-0.39, 0.29) is 11.8 Å². The van der Waals surface area contributed by atoms with Crippen molar-refractivity contribution in [2.45, 2.75) is 70.4 Å². The average molecular weight is 491 g/mol. The van der Waals surface area contributed by atoms with Crippen molar-refractivity contribution < 1.29 is 14.3 Å². The van der Waals surface area contributed by atoms with Crippen LogP contribution in [0.4, 0.5) is 0 Å². The van der Waals surface area contributed by atoms with Gasteiger partial charge in [0.05, 0.1) is 18.1 Å². The molecular formula is C29H38N4O3. The van der Waals surface area contributed by atoms with Gasteiger partial charge in [-0.15, -0.1) is 0 Å². The Kier molecular flexibility index (Phi) is 8.98. The quantitative estimate of drug-likeness (QED) is 0.385. The van der Waals surface area contributed by atoms with E-state index in [1.807, 2.05) is 48.3 Å². The molecule has 7 heteroatoms. The van der Waals surface area contributed by atoms with E-state index in [1.165, 1.54) is 19.3 Å². The summed E-state index contributed by atoms with van der Waals surface area (Å²) in [5.74, 6) is 1.71. The SMILES string of the molecule is COc1cccc(C(=O)NCCCCCc2nc3ccccc3n2CC(=O)N(C)C2CCCCC2)c1. The number of aromatic nitrogens is 2. The summed E-state index contributed by atoms with van der Waals surface area (Å²) in [6.07, 6.45) is 9.52. The van der Waals surface area contributed by atoms with Gasteiger partial charge in [0.1, 0.15) is 18.1 Å². The predicted molar refractivity (Wildman–Crippen MR) is 142 cm³/mol. The largest absolute Gasteiger partial charge is 0.497 e. The lowest BCUT2D eigenvalue weighted by molar-refractivity contribution is -0.133.